The van der Waals surface area contributed by atoms with Crippen molar-refractivity contribution in [1.82, 2.24) is 6.15 Å². The normalized spacial score (nSPS) is 13.1. The first kappa shape index (κ1) is 130. The van der Waals surface area contributed by atoms with Crippen LogP contribution in [0.2, 0.25) is 0 Å². The maximum atomic E-state index is 6.13. The number of alkyl halides is 5. The summed E-state index contributed by atoms with van der Waals surface area (Å²) in [5, 5.41) is 0. The maximum absolute atomic E-state index is 6.13. The molecular formula is C78H165Cl5N6O35. The molecule has 0 aliphatic carbocycles. The molecule has 0 rings (SSSR count). The summed E-state index contributed by atoms with van der Waals surface area (Å²) in [7, 11) is 0. The fourth-order valence-electron chi connectivity index (χ4n) is 9.07. The molecule has 0 aromatic rings. The molecule has 0 aromatic carbocycles. The molecule has 752 valence electrons. The van der Waals surface area contributed by atoms with Gasteiger partial charge in [-0.25, -0.2) is 0 Å². The third kappa shape index (κ3) is 109. The van der Waals surface area contributed by atoms with Gasteiger partial charge in [-0.1, -0.05) is 0 Å². The standard InChI is InChI=1S/C39H75Cl5O17.C39H85N5O17.H3N.H2O/c2*40-1-6-45-11-16-50-21-23-55-31-37(59-28-25-52-18-13-47-8-3-42)33-57-35-39(61-30-27-54-20-15-49-10-5-44)36-58-34-38(60-29-26-53-19-14-48-9-4-43)32-56-24-22-51-17-12-46-7-2-41;;/h37-39H,1-36H2;37-39H,1-36,40-44H2;1H3;1H2. The molecule has 0 saturated heterocycles. The summed E-state index contributed by atoms with van der Waals surface area (Å²) >= 11 is 28.2. The van der Waals surface area contributed by atoms with Crippen LogP contribution < -0.4 is 34.8 Å². The van der Waals surface area contributed by atoms with E-state index in [0.29, 0.717) is 392 Å². The Balaban J connectivity index is -0.00000114. The van der Waals surface area contributed by atoms with Gasteiger partial charge in [0.15, 0.2) is 0 Å². The van der Waals surface area contributed by atoms with Crippen LogP contribution in [0.4, 0.5) is 0 Å². The van der Waals surface area contributed by atoms with Crippen LogP contribution in [0.15, 0.2) is 0 Å². The first-order valence-electron chi connectivity index (χ1n) is 42.6. The Morgan fingerprint density at radius 2 is 0.226 bits per heavy atom. The predicted molar refractivity (Wildman–Crippen MR) is 469 cm³/mol. The summed E-state index contributed by atoms with van der Waals surface area (Å²) in [5.41, 5.74) is 27.3. The van der Waals surface area contributed by atoms with Crippen molar-refractivity contribution >= 4 is 58.0 Å². The van der Waals surface area contributed by atoms with Crippen molar-refractivity contribution in [1.29, 1.82) is 0 Å². The van der Waals surface area contributed by atoms with Gasteiger partial charge >= 0.3 is 0 Å². The Hall–Kier alpha value is -0.190. The van der Waals surface area contributed by atoms with Crippen LogP contribution in [0.1, 0.15) is 0 Å². The van der Waals surface area contributed by atoms with Crippen LogP contribution >= 0.6 is 58.0 Å². The highest BCUT2D eigenvalue weighted by atomic mass is 35.5. The molecule has 4 atom stereocenters. The topological polar surface area (TPSA) is 510 Å². The van der Waals surface area contributed by atoms with E-state index in [1.54, 1.807) is 0 Å². The van der Waals surface area contributed by atoms with Crippen molar-refractivity contribution in [2.24, 2.45) is 28.7 Å². The van der Waals surface area contributed by atoms with Gasteiger partial charge < -0.3 is 201 Å². The zero-order valence-electron chi connectivity index (χ0n) is 74.2. The highest BCUT2D eigenvalue weighted by Gasteiger charge is 2.20. The van der Waals surface area contributed by atoms with Crippen LogP contribution in [-0.2, 0) is 161 Å². The molecule has 4 unspecified atom stereocenters. The van der Waals surface area contributed by atoms with E-state index < -0.39 is 12.2 Å². The molecule has 46 heteroatoms. The average molecular weight is 1920 g/mol. The summed E-state index contributed by atoms with van der Waals surface area (Å²) < 4.78 is 194. The minimum absolute atomic E-state index is 0. The molecule has 41 nitrogen and oxygen atoms in total. The van der Waals surface area contributed by atoms with Gasteiger partial charge in [-0.15, -0.1) is 58.0 Å². The lowest BCUT2D eigenvalue weighted by Crippen LogP contribution is -2.34. The molecule has 0 fully saturated rings. The van der Waals surface area contributed by atoms with Gasteiger partial charge in [-0.05, 0) is 0 Å². The number of ether oxygens (including phenoxy) is 34. The minimum atomic E-state index is -0.435. The first-order chi connectivity index (χ1) is 60.4. The van der Waals surface area contributed by atoms with Crippen molar-refractivity contribution in [3.8, 4) is 0 Å². The van der Waals surface area contributed by atoms with Gasteiger partial charge in [-0.3, -0.25) is 0 Å². The Labute approximate surface area is 764 Å². The summed E-state index contributed by atoms with van der Waals surface area (Å²) in [5.74, 6) is 2.19. The number of halogens is 5. The van der Waals surface area contributed by atoms with Gasteiger partial charge in [0.25, 0.3) is 0 Å². The zero-order chi connectivity index (χ0) is 88.4. The van der Waals surface area contributed by atoms with Crippen LogP contribution in [0.25, 0.3) is 0 Å². The molecule has 0 aliphatic heterocycles. The Kier molecular flexibility index (Phi) is 125. The van der Waals surface area contributed by atoms with Crippen LogP contribution in [0, 0.1) is 0 Å². The second-order valence-corrected chi connectivity index (χ2v) is 26.9. The SMILES string of the molecule is ClCCOCCOCCOCC(COCC(COCC(COCCOCCOCCCl)OCCOCCOCCCl)OCCOCCOCCCl)OCCOCCOCCCl.N.NCCOCCOCCOCC(COCC(COCC(COCCOCCOCCN)OCCOCCOCCN)OCCOCCOCCN)OCCOCCOCCN.O. The Morgan fingerprint density at radius 1 is 0.129 bits per heavy atom. The second-order valence-electron chi connectivity index (χ2n) is 25.0. The molecule has 0 heterocycles. The number of nitrogens with two attached hydrogens (primary N) is 5. The summed E-state index contributed by atoms with van der Waals surface area (Å²) in [6.45, 7) is 26.4. The van der Waals surface area contributed by atoms with E-state index in [9.17, 15) is 0 Å². The Morgan fingerprint density at radius 3 is 0.347 bits per heavy atom. The third-order valence-electron chi connectivity index (χ3n) is 14.8. The van der Waals surface area contributed by atoms with E-state index in [1.165, 1.54) is 0 Å². The van der Waals surface area contributed by atoms with Crippen molar-refractivity contribution in [3.05, 3.63) is 0 Å². The van der Waals surface area contributed by atoms with Gasteiger partial charge in [0.1, 0.15) is 36.6 Å². The lowest BCUT2D eigenvalue weighted by Gasteiger charge is -2.23. The lowest BCUT2D eigenvalue weighted by molar-refractivity contribution is -0.120. The van der Waals surface area contributed by atoms with Crippen molar-refractivity contribution in [3.63, 3.8) is 0 Å². The van der Waals surface area contributed by atoms with Crippen molar-refractivity contribution in [2.45, 2.75) is 36.6 Å². The minimum Gasteiger partial charge on any atom is -0.412 e. The monoisotopic (exact) mass is 1920 g/mol. The molecule has 0 bridgehead atoms. The molecular weight excluding hydrogens is 1760 g/mol. The smallest absolute Gasteiger partial charge is 0.104 e. The van der Waals surface area contributed by atoms with Gasteiger partial charge in [0.2, 0.25) is 0 Å². The summed E-state index contributed by atoms with van der Waals surface area (Å²) in [4.78, 5) is 0. The third-order valence-corrected chi connectivity index (χ3v) is 15.5. The number of hydrogen-bond donors (Lipinski definition) is 6. The zero-order valence-corrected chi connectivity index (χ0v) is 78.0. The molecule has 124 heavy (non-hydrogen) atoms. The first-order valence-corrected chi connectivity index (χ1v) is 45.3. The largest absolute Gasteiger partial charge is 0.412 e. The van der Waals surface area contributed by atoms with E-state index in [-0.39, 0.29) is 115 Å². The van der Waals surface area contributed by atoms with Crippen LogP contribution in [0.5, 0.6) is 0 Å². The molecule has 0 saturated carbocycles. The number of rotatable bonds is 110. The summed E-state index contributed by atoms with van der Waals surface area (Å²) in [6, 6.07) is 0. The molecule has 0 spiro atoms. The van der Waals surface area contributed by atoms with Gasteiger partial charge in [-0.2, -0.15) is 0 Å². The van der Waals surface area contributed by atoms with E-state index >= 15 is 0 Å². The van der Waals surface area contributed by atoms with E-state index in [1.807, 2.05) is 0 Å². The highest BCUT2D eigenvalue weighted by Crippen LogP contribution is 2.08. The predicted octanol–water partition coefficient (Wildman–Crippen LogP) is 0.0736. The van der Waals surface area contributed by atoms with Crippen LogP contribution in [-0.4, -0.2) is 514 Å². The molecule has 0 aliphatic rings. The van der Waals surface area contributed by atoms with Crippen molar-refractivity contribution < 1.29 is 167 Å². The Bertz CT molecular complexity index is 1660. The van der Waals surface area contributed by atoms with E-state index in [0.717, 1.165) is 0 Å². The lowest BCUT2D eigenvalue weighted by atomic mass is 10.3. The fourth-order valence-corrected chi connectivity index (χ4v) is 9.62. The number of hydrogen-bond acceptors (Lipinski definition) is 40. The molecule has 15 N–H and O–H groups in total. The highest BCUT2D eigenvalue weighted by molar-refractivity contribution is 6.18. The van der Waals surface area contributed by atoms with Gasteiger partial charge in [0, 0.05) is 62.1 Å². The second kappa shape index (κ2) is 119. The summed E-state index contributed by atoms with van der Waals surface area (Å²) in [6.07, 6.45) is -2.39. The van der Waals surface area contributed by atoms with E-state index in [2.05, 4.69) is 0 Å². The average Bonchev–Trinajstić information content (AvgIpc) is 0.953. The molecule has 0 aromatic heterocycles. The van der Waals surface area contributed by atoms with Crippen LogP contribution in [0.3, 0.4) is 0 Å². The van der Waals surface area contributed by atoms with E-state index in [4.69, 9.17) is 248 Å². The van der Waals surface area contributed by atoms with Gasteiger partial charge in [0.05, 0.1) is 410 Å². The van der Waals surface area contributed by atoms with Crippen molar-refractivity contribution in [2.75, 3.05) is 472 Å². The maximum Gasteiger partial charge on any atom is 0.104 e. The quantitative estimate of drug-likeness (QED) is 0.0347. The molecule has 0 amide bonds. The molecule has 0 radical (unpaired) electrons. The fraction of sp³-hybridized carbons (Fsp3) is 1.00.